The van der Waals surface area contributed by atoms with Crippen molar-refractivity contribution in [1.82, 2.24) is 0 Å². The van der Waals surface area contributed by atoms with Gasteiger partial charge < -0.3 is 0 Å². The Bertz CT molecular complexity index is 2340. The van der Waals surface area contributed by atoms with Gasteiger partial charge in [-0.15, -0.1) is 24.8 Å². The second-order valence-electron chi connectivity index (χ2n) is 18.9. The summed E-state index contributed by atoms with van der Waals surface area (Å²) in [5.74, 6) is 0. The van der Waals surface area contributed by atoms with Crippen LogP contribution in [0.5, 0.6) is 0 Å². The molecule has 0 N–H and O–H groups in total. The second-order valence-corrected chi connectivity index (χ2v) is 49.4. The summed E-state index contributed by atoms with van der Waals surface area (Å²) in [6.07, 6.45) is 5.30. The van der Waals surface area contributed by atoms with Gasteiger partial charge in [0.1, 0.15) is 0 Å². The average Bonchev–Trinajstić information content (AvgIpc) is 3.79. The molecule has 0 aromatic heterocycles. The Morgan fingerprint density at radius 2 is 0.643 bits per heavy atom. The SMILES string of the molecule is CC(C)(C)C1=Cc2c(-c3ccccc3)ccc(-c3ccccc3)c2[CH]1[Zr]([CH3])([CH3])(=[SiH2])[CH]1C(C(C)(C)C)=Cc2c(-c3ccccc3)ccc(-c3ccccc3)c21.Cl.Cl. The van der Waals surface area contributed by atoms with E-state index >= 15 is 0 Å². The molecule has 2 aliphatic carbocycles. The zero-order chi connectivity index (χ0) is 38.1. The summed E-state index contributed by atoms with van der Waals surface area (Å²) < 4.78 is 6.33. The first-order valence-corrected chi connectivity index (χ1v) is 33.4. The van der Waals surface area contributed by atoms with Crippen LogP contribution in [-0.4, -0.2) is 6.88 Å². The van der Waals surface area contributed by atoms with E-state index in [0.29, 0.717) is 7.25 Å². The molecule has 6 aromatic carbocycles. The molecule has 0 spiro atoms. The Labute approximate surface area is 350 Å². The zero-order valence-electron chi connectivity index (χ0n) is 34.2. The molecule has 0 aliphatic heterocycles. The minimum absolute atomic E-state index is 0. The molecule has 0 amide bonds. The van der Waals surface area contributed by atoms with Gasteiger partial charge in [0.2, 0.25) is 0 Å². The first kappa shape index (κ1) is 42.1. The van der Waals surface area contributed by atoms with Crippen molar-refractivity contribution in [3.05, 3.63) is 179 Å². The normalized spacial score (nSPS) is 16.5. The number of benzene rings is 6. The first-order chi connectivity index (χ1) is 25.6. The van der Waals surface area contributed by atoms with E-state index in [4.69, 9.17) is 0 Å². The van der Waals surface area contributed by atoms with Crippen LogP contribution in [0.25, 0.3) is 56.7 Å². The Hall–Kier alpha value is -3.52. The summed E-state index contributed by atoms with van der Waals surface area (Å²) in [6, 6.07) is 54.3. The first-order valence-electron chi connectivity index (χ1n) is 19.7. The topological polar surface area (TPSA) is 0 Å². The zero-order valence-corrected chi connectivity index (χ0v) is 39.7. The third-order valence-electron chi connectivity index (χ3n) is 12.3. The fraction of sp³-hybridized carbons (Fsp3) is 0.231. The molecule has 8 rings (SSSR count). The van der Waals surface area contributed by atoms with Gasteiger partial charge in [-0.05, 0) is 0 Å². The van der Waals surface area contributed by atoms with Crippen LogP contribution in [-0.2, 0) is 17.4 Å². The smallest absolute Gasteiger partial charge is 0.147 e. The number of fused-ring (bicyclic) bond motifs is 2. The van der Waals surface area contributed by atoms with Gasteiger partial charge in [-0.25, -0.2) is 0 Å². The second kappa shape index (κ2) is 15.3. The van der Waals surface area contributed by atoms with Crippen molar-refractivity contribution in [3.63, 3.8) is 0 Å². The predicted octanol–water partition coefficient (Wildman–Crippen LogP) is 15.2. The van der Waals surface area contributed by atoms with E-state index in [1.165, 1.54) is 55.6 Å². The molecule has 286 valence electrons. The number of allylic oxidation sites excluding steroid dienone is 2. The number of hydrogen-bond acceptors (Lipinski definition) is 0. The Balaban J connectivity index is 0.00000266. The van der Waals surface area contributed by atoms with Gasteiger partial charge in [0.25, 0.3) is 0 Å². The Morgan fingerprint density at radius 3 is 0.911 bits per heavy atom. The van der Waals surface area contributed by atoms with Crippen LogP contribution in [0.3, 0.4) is 0 Å². The van der Waals surface area contributed by atoms with Gasteiger partial charge in [0.15, 0.2) is 0 Å². The quantitative estimate of drug-likeness (QED) is 0.146. The molecule has 0 bridgehead atoms. The largest absolute Gasteiger partial charge is 0.147 e. The van der Waals surface area contributed by atoms with E-state index in [2.05, 4.69) is 215 Å². The Morgan fingerprint density at radius 1 is 0.393 bits per heavy atom. The van der Waals surface area contributed by atoms with E-state index in [-0.39, 0.29) is 35.6 Å². The molecular formula is C52H56Cl2SiZr. The number of hydrogen-bond donors (Lipinski definition) is 0. The molecule has 2 unspecified atom stereocenters. The molecule has 2 aliphatic rings. The molecule has 0 fully saturated rings. The maximum absolute atomic E-state index is 4.23. The molecule has 0 nitrogen and oxygen atoms in total. The molecule has 0 heterocycles. The van der Waals surface area contributed by atoms with Gasteiger partial charge in [0, 0.05) is 0 Å². The minimum atomic E-state index is -4.23. The Kier molecular flexibility index (Phi) is 11.5. The summed E-state index contributed by atoms with van der Waals surface area (Å²) in [6.45, 7) is 17.2. The van der Waals surface area contributed by atoms with Crippen molar-refractivity contribution in [1.29, 1.82) is 0 Å². The van der Waals surface area contributed by atoms with Crippen LogP contribution < -0.4 is 0 Å². The van der Waals surface area contributed by atoms with Crippen molar-refractivity contribution >= 4 is 43.8 Å². The van der Waals surface area contributed by atoms with E-state index in [1.807, 2.05) is 0 Å². The van der Waals surface area contributed by atoms with Crippen molar-refractivity contribution in [2.45, 2.75) is 58.1 Å². The molecule has 56 heavy (non-hydrogen) atoms. The third-order valence-corrected chi connectivity index (χ3v) is 29.4. The summed E-state index contributed by atoms with van der Waals surface area (Å²) in [5, 5.41) is 0. The van der Waals surface area contributed by atoms with Crippen LogP contribution in [0.1, 0.15) is 71.0 Å². The van der Waals surface area contributed by atoms with Gasteiger partial charge in [-0.1, -0.05) is 0 Å². The van der Waals surface area contributed by atoms with Crippen LogP contribution in [0.2, 0.25) is 9.26 Å². The monoisotopic (exact) mass is 868 g/mol. The molecule has 2 atom stereocenters. The van der Waals surface area contributed by atoms with Crippen molar-refractivity contribution in [2.75, 3.05) is 0 Å². The molecule has 0 saturated carbocycles. The van der Waals surface area contributed by atoms with E-state index in [1.54, 1.807) is 22.3 Å². The number of halogens is 2. The maximum Gasteiger partial charge on any atom is -0.147 e. The summed E-state index contributed by atoms with van der Waals surface area (Å²) in [7, 11) is 0. The van der Waals surface area contributed by atoms with Crippen molar-refractivity contribution in [3.8, 4) is 44.5 Å². The van der Waals surface area contributed by atoms with Gasteiger partial charge in [-0.3, -0.25) is 0 Å². The standard InChI is InChI=1S/2C25H23.2CH3.2ClH.H2Si.Zr/c2*1-25(2,3)20-16-23-21(18-10-6-4-7-11-18)14-15-22(24(23)17-20)19-12-8-5-9-13-19;;;;;;/h2*4-17H,1-3H3;2*1H3;2*1H;1H2;. The minimum Gasteiger partial charge on any atom is -0.147 e. The van der Waals surface area contributed by atoms with Gasteiger partial charge >= 0.3 is 329 Å². The fourth-order valence-electron chi connectivity index (χ4n) is 9.91. The third kappa shape index (κ3) is 7.26. The van der Waals surface area contributed by atoms with E-state index < -0.39 is 17.4 Å². The summed E-state index contributed by atoms with van der Waals surface area (Å²) in [5.41, 5.74) is 19.8. The van der Waals surface area contributed by atoms with Crippen molar-refractivity contribution < 1.29 is 17.4 Å². The molecule has 6 aromatic rings. The van der Waals surface area contributed by atoms with E-state index in [9.17, 15) is 0 Å². The predicted molar refractivity (Wildman–Crippen MR) is 250 cm³/mol. The molecule has 4 heteroatoms. The van der Waals surface area contributed by atoms with Gasteiger partial charge in [0.05, 0.1) is 0 Å². The molecular weight excluding hydrogens is 815 g/mol. The van der Waals surface area contributed by atoms with Crippen LogP contribution in [0.4, 0.5) is 0 Å². The fourth-order valence-corrected chi connectivity index (χ4v) is 29.5. The van der Waals surface area contributed by atoms with Gasteiger partial charge in [-0.2, -0.15) is 0 Å². The van der Waals surface area contributed by atoms with Crippen molar-refractivity contribution in [2.24, 2.45) is 10.8 Å². The summed E-state index contributed by atoms with van der Waals surface area (Å²) >= 11 is -4.23. The average molecular weight is 871 g/mol. The molecule has 0 saturated heterocycles. The van der Waals surface area contributed by atoms with Crippen LogP contribution >= 0.6 is 24.8 Å². The van der Waals surface area contributed by atoms with Crippen LogP contribution in [0, 0.1) is 10.8 Å². The number of rotatable bonds is 6. The summed E-state index contributed by atoms with van der Waals surface area (Å²) in [4.78, 5) is 0. The van der Waals surface area contributed by atoms with Crippen LogP contribution in [0.15, 0.2) is 157 Å². The van der Waals surface area contributed by atoms with E-state index in [0.717, 1.165) is 0 Å². The maximum atomic E-state index is 2.83. The molecule has 0 radical (unpaired) electrons.